The molecule has 0 aliphatic heterocycles. The quantitative estimate of drug-likeness (QED) is 0.165. The average Bonchev–Trinajstić information content (AvgIpc) is 3.33. The summed E-state index contributed by atoms with van der Waals surface area (Å²) in [6, 6.07) is 21.2. The number of ether oxygens (including phenoxy) is 1. The zero-order valence-electron chi connectivity index (χ0n) is 18.0. The van der Waals surface area contributed by atoms with E-state index in [2.05, 4.69) is 10.5 Å². The molecule has 0 fully saturated rings. The molecule has 0 bridgehead atoms. The lowest BCUT2D eigenvalue weighted by atomic mass is 10.1. The summed E-state index contributed by atoms with van der Waals surface area (Å²) in [5, 5.41) is 15.9. The van der Waals surface area contributed by atoms with E-state index < -0.39 is 10.8 Å². The maximum Gasteiger partial charge on any atom is 0.275 e. The lowest BCUT2D eigenvalue weighted by molar-refractivity contribution is -0.384. The number of nitrogens with zero attached hydrogens (tertiary/aromatic N) is 2. The van der Waals surface area contributed by atoms with Gasteiger partial charge in [-0.15, -0.1) is 0 Å². The minimum Gasteiger partial charge on any atom is -0.488 e. The minimum atomic E-state index is -0.482. The van der Waals surface area contributed by atoms with Crippen LogP contribution in [0.15, 0.2) is 88.4 Å². The van der Waals surface area contributed by atoms with Crippen LogP contribution in [0.3, 0.4) is 0 Å². The van der Waals surface area contributed by atoms with Crippen LogP contribution in [-0.2, 0) is 6.61 Å². The number of furan rings is 1. The van der Waals surface area contributed by atoms with Gasteiger partial charge in [0.15, 0.2) is 0 Å². The summed E-state index contributed by atoms with van der Waals surface area (Å²) >= 11 is 12.1. The third-order valence-electron chi connectivity index (χ3n) is 4.86. The van der Waals surface area contributed by atoms with Crippen molar-refractivity contribution in [2.75, 3.05) is 0 Å². The number of hydrogen-bond acceptors (Lipinski definition) is 6. The molecule has 35 heavy (non-hydrogen) atoms. The average molecular weight is 510 g/mol. The maximum atomic E-state index is 12.7. The van der Waals surface area contributed by atoms with E-state index in [0.717, 1.165) is 5.56 Å². The van der Waals surface area contributed by atoms with Crippen LogP contribution in [-0.4, -0.2) is 17.0 Å². The molecule has 0 unspecified atom stereocenters. The molecule has 0 aliphatic carbocycles. The van der Waals surface area contributed by atoms with E-state index in [4.69, 9.17) is 32.4 Å². The molecule has 0 aliphatic rings. The second-order valence-corrected chi connectivity index (χ2v) is 8.07. The van der Waals surface area contributed by atoms with Gasteiger partial charge < -0.3 is 9.15 Å². The molecule has 0 saturated heterocycles. The molecule has 1 heterocycles. The Morgan fingerprint density at radius 2 is 1.89 bits per heavy atom. The van der Waals surface area contributed by atoms with Gasteiger partial charge in [-0.1, -0.05) is 53.5 Å². The third-order valence-corrected chi connectivity index (χ3v) is 5.44. The normalized spacial score (nSPS) is 10.9. The highest BCUT2D eigenvalue weighted by molar-refractivity contribution is 6.35. The number of nitrogens with one attached hydrogen (secondary N) is 1. The van der Waals surface area contributed by atoms with Gasteiger partial charge >= 0.3 is 0 Å². The molecule has 1 amide bonds. The smallest absolute Gasteiger partial charge is 0.275 e. The Bertz CT molecular complexity index is 1420. The molecule has 8 nitrogen and oxygen atoms in total. The van der Waals surface area contributed by atoms with Gasteiger partial charge in [0.25, 0.3) is 11.6 Å². The van der Waals surface area contributed by atoms with Gasteiger partial charge in [0.2, 0.25) is 0 Å². The van der Waals surface area contributed by atoms with E-state index in [1.807, 2.05) is 0 Å². The van der Waals surface area contributed by atoms with Crippen molar-refractivity contribution in [2.45, 2.75) is 6.61 Å². The van der Waals surface area contributed by atoms with E-state index in [9.17, 15) is 14.9 Å². The molecule has 4 aromatic rings. The number of nitro benzene ring substituents is 1. The molecule has 1 N–H and O–H groups in total. The van der Waals surface area contributed by atoms with Crippen molar-refractivity contribution < 1.29 is 18.9 Å². The fraction of sp³-hybridized carbons (Fsp3) is 0.0400. The number of para-hydroxylation sites is 1. The third kappa shape index (κ3) is 6.06. The molecule has 0 atom stereocenters. The number of benzene rings is 3. The second-order valence-electron chi connectivity index (χ2n) is 7.23. The molecule has 10 heteroatoms. The Hall–Kier alpha value is -4.14. The summed E-state index contributed by atoms with van der Waals surface area (Å²) in [5.74, 6) is 0.663. The predicted octanol–water partition coefficient (Wildman–Crippen LogP) is 6.50. The molecule has 1 aromatic heterocycles. The summed E-state index contributed by atoms with van der Waals surface area (Å²) in [6.07, 6.45) is 1.33. The van der Waals surface area contributed by atoms with Crippen molar-refractivity contribution in [1.82, 2.24) is 5.43 Å². The van der Waals surface area contributed by atoms with E-state index >= 15 is 0 Å². The standard InChI is InChI=1S/C25H17Cl2N3O5/c26-18-9-8-17(22(27)13-18)15-34-24-7-2-1-6-21(24)25(31)29-28-14-20-10-11-23(35-20)16-4-3-5-19(12-16)30(32)33/h1-14H,15H2,(H,29,31)/b28-14+. The Morgan fingerprint density at radius 3 is 2.69 bits per heavy atom. The molecule has 0 saturated carbocycles. The first-order valence-corrected chi connectivity index (χ1v) is 11.0. The van der Waals surface area contributed by atoms with Crippen LogP contribution in [0.25, 0.3) is 11.3 Å². The minimum absolute atomic E-state index is 0.0411. The lowest BCUT2D eigenvalue weighted by Crippen LogP contribution is -2.18. The van der Waals surface area contributed by atoms with Crippen molar-refractivity contribution in [2.24, 2.45) is 5.10 Å². The Labute approximate surface area is 209 Å². The van der Waals surface area contributed by atoms with Gasteiger partial charge in [-0.25, -0.2) is 5.43 Å². The number of non-ortho nitro benzene ring substituents is 1. The highest BCUT2D eigenvalue weighted by Gasteiger charge is 2.13. The number of carbonyl (C=O) groups excluding carboxylic acids is 1. The van der Waals surface area contributed by atoms with Gasteiger partial charge in [-0.2, -0.15) is 5.10 Å². The summed E-state index contributed by atoms with van der Waals surface area (Å²) in [5.41, 5.74) is 3.95. The predicted molar refractivity (Wildman–Crippen MR) is 133 cm³/mol. The van der Waals surface area contributed by atoms with Crippen LogP contribution in [0.4, 0.5) is 5.69 Å². The van der Waals surface area contributed by atoms with Gasteiger partial charge in [0, 0.05) is 33.3 Å². The fourth-order valence-corrected chi connectivity index (χ4v) is 3.60. The largest absolute Gasteiger partial charge is 0.488 e. The van der Waals surface area contributed by atoms with Crippen molar-refractivity contribution in [3.05, 3.63) is 116 Å². The number of nitro groups is 1. The number of amides is 1. The van der Waals surface area contributed by atoms with Crippen LogP contribution >= 0.6 is 23.2 Å². The fourth-order valence-electron chi connectivity index (χ4n) is 3.14. The highest BCUT2D eigenvalue weighted by Crippen LogP contribution is 2.26. The van der Waals surface area contributed by atoms with Crippen molar-refractivity contribution in [3.63, 3.8) is 0 Å². The first-order valence-electron chi connectivity index (χ1n) is 10.2. The van der Waals surface area contributed by atoms with Crippen LogP contribution in [0.1, 0.15) is 21.7 Å². The molecular weight excluding hydrogens is 493 g/mol. The van der Waals surface area contributed by atoms with Crippen molar-refractivity contribution in [1.29, 1.82) is 0 Å². The topological polar surface area (TPSA) is 107 Å². The Kier molecular flexibility index (Phi) is 7.45. The second kappa shape index (κ2) is 10.9. The van der Waals surface area contributed by atoms with Gasteiger partial charge in [0.1, 0.15) is 23.9 Å². The van der Waals surface area contributed by atoms with Crippen LogP contribution in [0, 0.1) is 10.1 Å². The van der Waals surface area contributed by atoms with Gasteiger partial charge in [-0.3, -0.25) is 14.9 Å². The molecule has 0 radical (unpaired) electrons. The summed E-state index contributed by atoms with van der Waals surface area (Å²) < 4.78 is 11.5. The SMILES string of the molecule is O=C(N/N=C/c1ccc(-c2cccc([N+](=O)[O-])c2)o1)c1ccccc1OCc1ccc(Cl)cc1Cl. The van der Waals surface area contributed by atoms with E-state index in [-0.39, 0.29) is 17.9 Å². The lowest BCUT2D eigenvalue weighted by Gasteiger charge is -2.11. The first-order chi connectivity index (χ1) is 16.9. The van der Waals surface area contributed by atoms with Gasteiger partial charge in [-0.05, 0) is 36.4 Å². The van der Waals surface area contributed by atoms with Crippen LogP contribution in [0.5, 0.6) is 5.75 Å². The van der Waals surface area contributed by atoms with E-state index in [1.54, 1.807) is 66.7 Å². The number of hydrazone groups is 1. The summed E-state index contributed by atoms with van der Waals surface area (Å²) in [6.45, 7) is 0.149. The zero-order chi connectivity index (χ0) is 24.8. The van der Waals surface area contributed by atoms with Crippen molar-refractivity contribution in [3.8, 4) is 17.1 Å². The zero-order valence-corrected chi connectivity index (χ0v) is 19.5. The summed E-state index contributed by atoms with van der Waals surface area (Å²) in [7, 11) is 0. The summed E-state index contributed by atoms with van der Waals surface area (Å²) in [4.78, 5) is 23.2. The number of hydrogen-bond donors (Lipinski definition) is 1. The molecular formula is C25H17Cl2N3O5. The Morgan fingerprint density at radius 1 is 1.06 bits per heavy atom. The monoisotopic (exact) mass is 509 g/mol. The van der Waals surface area contributed by atoms with Crippen molar-refractivity contribution >= 4 is 41.0 Å². The maximum absolute atomic E-state index is 12.7. The van der Waals surface area contributed by atoms with E-state index in [1.165, 1.54) is 18.3 Å². The van der Waals surface area contributed by atoms with Gasteiger partial charge in [0.05, 0.1) is 16.7 Å². The molecule has 0 spiro atoms. The molecule has 3 aromatic carbocycles. The van der Waals surface area contributed by atoms with E-state index in [0.29, 0.717) is 32.9 Å². The molecule has 176 valence electrons. The number of halogens is 2. The highest BCUT2D eigenvalue weighted by atomic mass is 35.5. The van der Waals surface area contributed by atoms with Crippen LogP contribution < -0.4 is 10.2 Å². The van der Waals surface area contributed by atoms with Crippen LogP contribution in [0.2, 0.25) is 10.0 Å². The molecule has 4 rings (SSSR count). The first kappa shape index (κ1) is 24.0. The Balaban J connectivity index is 1.41. The number of rotatable bonds is 8. The number of carbonyl (C=O) groups is 1.